The maximum atomic E-state index is 13.4. The molecule has 0 unspecified atom stereocenters. The van der Waals surface area contributed by atoms with Crippen LogP contribution in [0, 0.1) is 6.92 Å². The van der Waals surface area contributed by atoms with Gasteiger partial charge in [0.05, 0.1) is 16.7 Å². The van der Waals surface area contributed by atoms with Gasteiger partial charge in [-0.15, -0.1) is 0 Å². The van der Waals surface area contributed by atoms with E-state index in [1.807, 2.05) is 0 Å². The number of methoxy groups -OCH3 is 1. The lowest BCUT2D eigenvalue weighted by molar-refractivity contribution is -0.364. The van der Waals surface area contributed by atoms with E-state index in [0.717, 1.165) is 12.1 Å². The molecule has 0 aliphatic heterocycles. The van der Waals surface area contributed by atoms with E-state index in [4.69, 9.17) is 16.3 Å². The molecule has 0 fully saturated rings. The van der Waals surface area contributed by atoms with E-state index in [0.29, 0.717) is 33.1 Å². The smallest absolute Gasteiger partial charge is 0.372 e. The number of fused-ring (bicyclic) bond motifs is 1. The van der Waals surface area contributed by atoms with Crippen molar-refractivity contribution < 1.29 is 32.5 Å². The first kappa shape index (κ1) is 25.2. The zero-order valence-corrected chi connectivity index (χ0v) is 19.9. The van der Waals surface area contributed by atoms with Gasteiger partial charge in [-0.25, -0.2) is 9.97 Å². The van der Waals surface area contributed by atoms with Crippen LogP contribution in [-0.4, -0.2) is 23.9 Å². The van der Waals surface area contributed by atoms with Gasteiger partial charge in [-0.2, -0.15) is 13.2 Å². The predicted molar refractivity (Wildman–Crippen MR) is 129 cm³/mol. The normalized spacial score (nSPS) is 11.5. The summed E-state index contributed by atoms with van der Waals surface area (Å²) in [5, 5.41) is 5.74. The standard InChI is InChI=1S/C25H20ClF3N4O3/c1-13-18(26)8-5-9-19(13)32-24(35)16-10-14(11-20-22(16)33-21(31-20)12-36-2)30-23(34)15-6-3-4-7-17(15)25(27,28)29/h3-11H,12H2,1-2H3,(H,30,34)(H,31,33)(H,32,35)/p+1. The molecule has 4 rings (SSSR count). The maximum Gasteiger partial charge on any atom is 0.417 e. The summed E-state index contributed by atoms with van der Waals surface area (Å²) < 4.78 is 45.3. The fourth-order valence-electron chi connectivity index (χ4n) is 3.75. The summed E-state index contributed by atoms with van der Waals surface area (Å²) >= 11 is 6.16. The molecule has 2 amide bonds. The van der Waals surface area contributed by atoms with Gasteiger partial charge in [0, 0.05) is 29.6 Å². The molecule has 4 N–H and O–H groups in total. The van der Waals surface area contributed by atoms with Crippen LogP contribution in [0.1, 0.15) is 37.7 Å². The summed E-state index contributed by atoms with van der Waals surface area (Å²) in [7, 11) is 1.50. The second kappa shape index (κ2) is 10.00. The monoisotopic (exact) mass is 517 g/mol. The summed E-state index contributed by atoms with van der Waals surface area (Å²) in [4.78, 5) is 32.2. The molecule has 4 aromatic rings. The van der Waals surface area contributed by atoms with Crippen LogP contribution < -0.4 is 15.6 Å². The quantitative estimate of drug-likeness (QED) is 0.310. The van der Waals surface area contributed by atoms with Crippen LogP contribution in [0.4, 0.5) is 24.5 Å². The average Bonchev–Trinajstić information content (AvgIpc) is 3.23. The number of alkyl halides is 3. The fraction of sp³-hybridized carbons (Fsp3) is 0.160. The molecule has 7 nitrogen and oxygen atoms in total. The van der Waals surface area contributed by atoms with Crippen molar-refractivity contribution in [2.24, 2.45) is 0 Å². The number of anilines is 2. The van der Waals surface area contributed by atoms with Gasteiger partial charge < -0.3 is 15.4 Å². The summed E-state index contributed by atoms with van der Waals surface area (Å²) in [5.41, 5.74) is 0.681. The molecule has 36 heavy (non-hydrogen) atoms. The first-order valence-electron chi connectivity index (χ1n) is 10.7. The lowest BCUT2D eigenvalue weighted by Gasteiger charge is -2.13. The molecule has 0 radical (unpaired) electrons. The number of hydrogen-bond acceptors (Lipinski definition) is 3. The Hall–Kier alpha value is -3.89. The molecule has 0 spiro atoms. The highest BCUT2D eigenvalue weighted by molar-refractivity contribution is 6.31. The van der Waals surface area contributed by atoms with Gasteiger partial charge in [-0.1, -0.05) is 29.8 Å². The molecule has 0 saturated heterocycles. The number of hydrogen-bond donors (Lipinski definition) is 3. The number of aromatic nitrogens is 2. The number of ether oxygens (including phenoxy) is 1. The minimum absolute atomic E-state index is 0.122. The topological polar surface area (TPSA) is 97.4 Å². The van der Waals surface area contributed by atoms with Gasteiger partial charge >= 0.3 is 6.18 Å². The van der Waals surface area contributed by atoms with Crippen molar-refractivity contribution in [2.75, 3.05) is 17.7 Å². The van der Waals surface area contributed by atoms with Crippen molar-refractivity contribution in [3.63, 3.8) is 0 Å². The highest BCUT2D eigenvalue weighted by Crippen LogP contribution is 2.32. The Balaban J connectivity index is 1.74. The Kier molecular flexibility index (Phi) is 7.00. The van der Waals surface area contributed by atoms with Gasteiger partial charge in [0.25, 0.3) is 17.6 Å². The van der Waals surface area contributed by atoms with Gasteiger partial charge in [0.15, 0.2) is 11.0 Å². The number of aromatic amines is 2. The van der Waals surface area contributed by atoms with E-state index in [1.165, 1.54) is 31.4 Å². The average molecular weight is 518 g/mol. The van der Waals surface area contributed by atoms with Gasteiger partial charge in [0.2, 0.25) is 0 Å². The predicted octanol–water partition coefficient (Wildman–Crippen LogP) is 5.61. The van der Waals surface area contributed by atoms with E-state index in [2.05, 4.69) is 20.6 Å². The largest absolute Gasteiger partial charge is 0.417 e. The van der Waals surface area contributed by atoms with Crippen LogP contribution in [-0.2, 0) is 17.5 Å². The Bertz CT molecular complexity index is 1470. The number of nitrogens with one attached hydrogen (secondary N) is 4. The van der Waals surface area contributed by atoms with E-state index < -0.39 is 29.1 Å². The molecule has 0 atom stereocenters. The van der Waals surface area contributed by atoms with Crippen LogP contribution in [0.2, 0.25) is 5.02 Å². The molecule has 0 saturated carbocycles. The number of H-pyrrole nitrogens is 2. The Morgan fingerprint density at radius 1 is 1.03 bits per heavy atom. The third-order valence-electron chi connectivity index (χ3n) is 5.48. The zero-order chi connectivity index (χ0) is 26.0. The summed E-state index contributed by atoms with van der Waals surface area (Å²) in [6.07, 6.45) is -4.71. The first-order valence-corrected chi connectivity index (χ1v) is 11.1. The molecular weight excluding hydrogens is 497 g/mol. The third kappa shape index (κ3) is 5.19. The lowest BCUT2D eigenvalue weighted by atomic mass is 10.1. The van der Waals surface area contributed by atoms with Crippen LogP contribution in [0.15, 0.2) is 54.6 Å². The summed E-state index contributed by atoms with van der Waals surface area (Å²) in [5.74, 6) is -0.935. The number of rotatable bonds is 6. The van der Waals surface area contributed by atoms with Gasteiger partial charge in [-0.3, -0.25) is 9.59 Å². The molecule has 0 bridgehead atoms. The second-order valence-electron chi connectivity index (χ2n) is 7.97. The highest BCUT2D eigenvalue weighted by atomic mass is 35.5. The number of benzene rings is 3. The molecule has 11 heteroatoms. The van der Waals surface area contributed by atoms with Crippen molar-refractivity contribution >= 4 is 45.8 Å². The zero-order valence-electron chi connectivity index (χ0n) is 19.1. The maximum absolute atomic E-state index is 13.4. The van der Waals surface area contributed by atoms with Crippen molar-refractivity contribution in [1.29, 1.82) is 0 Å². The number of carbonyl (C=O) groups is 2. The number of imidazole rings is 1. The Morgan fingerprint density at radius 2 is 1.75 bits per heavy atom. The number of carbonyl (C=O) groups excluding carboxylic acids is 2. The van der Waals surface area contributed by atoms with Gasteiger partial charge in [0.1, 0.15) is 6.61 Å². The number of halogens is 4. The Morgan fingerprint density at radius 3 is 2.47 bits per heavy atom. The Labute approximate surface area is 208 Å². The van der Waals surface area contributed by atoms with Crippen molar-refractivity contribution in [2.45, 2.75) is 19.7 Å². The van der Waals surface area contributed by atoms with E-state index in [-0.39, 0.29) is 17.9 Å². The number of amides is 2. The summed E-state index contributed by atoms with van der Waals surface area (Å²) in [6.45, 7) is 1.94. The minimum Gasteiger partial charge on any atom is -0.372 e. The summed E-state index contributed by atoms with van der Waals surface area (Å²) in [6, 6.07) is 12.4. The molecule has 3 aromatic carbocycles. The third-order valence-corrected chi connectivity index (χ3v) is 5.89. The van der Waals surface area contributed by atoms with Crippen molar-refractivity contribution in [3.8, 4) is 0 Å². The lowest BCUT2D eigenvalue weighted by Crippen LogP contribution is -2.20. The van der Waals surface area contributed by atoms with Gasteiger partial charge in [-0.05, 0) is 42.8 Å². The molecule has 1 heterocycles. The van der Waals surface area contributed by atoms with E-state index in [9.17, 15) is 22.8 Å². The molecular formula is C25H21ClF3N4O3+. The molecule has 1 aromatic heterocycles. The fourth-order valence-corrected chi connectivity index (χ4v) is 3.92. The molecule has 186 valence electrons. The van der Waals surface area contributed by atoms with Crippen LogP contribution in [0.3, 0.4) is 0 Å². The van der Waals surface area contributed by atoms with Crippen LogP contribution >= 0.6 is 11.6 Å². The SMILES string of the molecule is COCc1[nH]c2cc(NC(=O)c3ccccc3C(F)(F)F)cc(C(=O)Nc3cccc(Cl)c3C)c2[nH+]1. The first-order chi connectivity index (χ1) is 17.1. The van der Waals surface area contributed by atoms with E-state index in [1.54, 1.807) is 25.1 Å². The van der Waals surface area contributed by atoms with Crippen molar-refractivity contribution in [1.82, 2.24) is 4.98 Å². The molecule has 0 aliphatic rings. The second-order valence-corrected chi connectivity index (χ2v) is 8.38. The highest BCUT2D eigenvalue weighted by Gasteiger charge is 2.35. The van der Waals surface area contributed by atoms with E-state index >= 15 is 0 Å². The van der Waals surface area contributed by atoms with Crippen molar-refractivity contribution in [3.05, 3.63) is 87.7 Å². The van der Waals surface area contributed by atoms with Crippen LogP contribution in [0.25, 0.3) is 11.0 Å². The van der Waals surface area contributed by atoms with Crippen LogP contribution in [0.5, 0.6) is 0 Å². The molecule has 0 aliphatic carbocycles. The minimum atomic E-state index is -4.71.